The van der Waals surface area contributed by atoms with Crippen LogP contribution in [0.25, 0.3) is 0 Å². The summed E-state index contributed by atoms with van der Waals surface area (Å²) in [5, 5.41) is 19.2. The molecular formula is C9H7F3N2O5. The normalized spacial score (nSPS) is 11.2. The first-order valence-electron chi connectivity index (χ1n) is 4.72. The largest absolute Gasteiger partial charge is 0.573 e. The van der Waals surface area contributed by atoms with E-state index in [9.17, 15) is 28.1 Å². The van der Waals surface area contributed by atoms with E-state index in [0.717, 1.165) is 6.92 Å². The topological polar surface area (TPSA) is 103 Å². The van der Waals surface area contributed by atoms with Crippen molar-refractivity contribution < 1.29 is 32.7 Å². The van der Waals surface area contributed by atoms with Crippen LogP contribution in [0.2, 0.25) is 0 Å². The van der Waals surface area contributed by atoms with Crippen LogP contribution in [0.1, 0.15) is 11.3 Å². The quantitative estimate of drug-likeness (QED) is 0.666. The summed E-state index contributed by atoms with van der Waals surface area (Å²) in [5.41, 5.74) is -1.56. The number of pyridine rings is 1. The van der Waals surface area contributed by atoms with E-state index in [1.807, 2.05) is 0 Å². The number of nitrogens with zero attached hydrogens (tertiary/aromatic N) is 2. The van der Waals surface area contributed by atoms with E-state index in [0.29, 0.717) is 6.20 Å². The van der Waals surface area contributed by atoms with Gasteiger partial charge in [-0.1, -0.05) is 0 Å². The SMILES string of the molecule is Cc1c(CC(=O)O)ncc([N+](=O)[O-])c1OC(F)(F)F. The number of halogens is 3. The van der Waals surface area contributed by atoms with Crippen molar-refractivity contribution in [1.82, 2.24) is 4.98 Å². The number of aromatic nitrogens is 1. The maximum atomic E-state index is 12.2. The second-order valence-electron chi connectivity index (χ2n) is 3.42. The Morgan fingerprint density at radius 3 is 2.58 bits per heavy atom. The molecule has 0 amide bonds. The van der Waals surface area contributed by atoms with Gasteiger partial charge in [0.25, 0.3) is 0 Å². The van der Waals surface area contributed by atoms with Gasteiger partial charge in [-0.25, -0.2) is 0 Å². The number of hydrogen-bond acceptors (Lipinski definition) is 5. The average Bonchev–Trinajstić information content (AvgIpc) is 2.21. The van der Waals surface area contributed by atoms with Crippen molar-refractivity contribution in [2.45, 2.75) is 19.7 Å². The highest BCUT2D eigenvalue weighted by molar-refractivity contribution is 5.71. The number of nitro groups is 1. The zero-order valence-corrected chi connectivity index (χ0v) is 9.39. The van der Waals surface area contributed by atoms with Crippen LogP contribution in [-0.4, -0.2) is 27.3 Å². The Hall–Kier alpha value is -2.39. The molecule has 0 aliphatic carbocycles. The lowest BCUT2D eigenvalue weighted by Crippen LogP contribution is -2.19. The predicted octanol–water partition coefficient (Wildman–Crippen LogP) is 1.82. The number of carbonyl (C=O) groups is 1. The second-order valence-corrected chi connectivity index (χ2v) is 3.42. The molecule has 0 aliphatic heterocycles. The molecule has 1 heterocycles. The molecule has 1 rings (SSSR count). The fourth-order valence-electron chi connectivity index (χ4n) is 1.31. The monoisotopic (exact) mass is 280 g/mol. The van der Waals surface area contributed by atoms with Crippen molar-refractivity contribution in [1.29, 1.82) is 0 Å². The van der Waals surface area contributed by atoms with Crippen molar-refractivity contribution in [3.63, 3.8) is 0 Å². The molecule has 7 nitrogen and oxygen atoms in total. The third kappa shape index (κ3) is 3.79. The lowest BCUT2D eigenvalue weighted by Gasteiger charge is -2.13. The van der Waals surface area contributed by atoms with Gasteiger partial charge in [0, 0.05) is 5.56 Å². The lowest BCUT2D eigenvalue weighted by molar-refractivity contribution is -0.389. The first-order valence-corrected chi connectivity index (χ1v) is 4.72. The Labute approximate surface area is 103 Å². The van der Waals surface area contributed by atoms with Gasteiger partial charge in [0.15, 0.2) is 0 Å². The Morgan fingerprint density at radius 2 is 2.16 bits per heavy atom. The van der Waals surface area contributed by atoms with Gasteiger partial charge in [0.2, 0.25) is 5.75 Å². The standard InChI is InChI=1S/C9H7F3N2O5/c1-4-5(2-7(15)16)13-3-6(14(17)18)8(4)19-9(10,11)12/h3H,2H2,1H3,(H,15,16). The molecule has 0 unspecified atom stereocenters. The molecule has 0 spiro atoms. The highest BCUT2D eigenvalue weighted by Gasteiger charge is 2.36. The minimum Gasteiger partial charge on any atom is -0.481 e. The highest BCUT2D eigenvalue weighted by atomic mass is 19.4. The highest BCUT2D eigenvalue weighted by Crippen LogP contribution is 2.35. The summed E-state index contributed by atoms with van der Waals surface area (Å²) >= 11 is 0. The summed E-state index contributed by atoms with van der Waals surface area (Å²) in [7, 11) is 0. The molecule has 104 valence electrons. The van der Waals surface area contributed by atoms with Gasteiger partial charge in [0.1, 0.15) is 6.20 Å². The number of carboxylic acid groups (broad SMARTS) is 1. The predicted molar refractivity (Wildman–Crippen MR) is 53.7 cm³/mol. The first kappa shape index (κ1) is 14.7. The van der Waals surface area contributed by atoms with Crippen LogP contribution in [0.4, 0.5) is 18.9 Å². The molecular weight excluding hydrogens is 273 g/mol. The molecule has 0 aromatic carbocycles. The molecule has 0 atom stereocenters. The van der Waals surface area contributed by atoms with Gasteiger partial charge < -0.3 is 9.84 Å². The van der Waals surface area contributed by atoms with Gasteiger partial charge in [0.05, 0.1) is 17.0 Å². The van der Waals surface area contributed by atoms with Gasteiger partial charge in [-0.05, 0) is 6.92 Å². The minimum atomic E-state index is -5.13. The summed E-state index contributed by atoms with van der Waals surface area (Å²) < 4.78 is 40.1. The molecule has 0 saturated heterocycles. The average molecular weight is 280 g/mol. The van der Waals surface area contributed by atoms with Crippen molar-refractivity contribution in [2.75, 3.05) is 0 Å². The second kappa shape index (κ2) is 5.08. The lowest BCUT2D eigenvalue weighted by atomic mass is 10.1. The van der Waals surface area contributed by atoms with E-state index < -0.39 is 35.1 Å². The summed E-state index contributed by atoms with van der Waals surface area (Å²) in [6.45, 7) is 1.07. The fourth-order valence-corrected chi connectivity index (χ4v) is 1.31. The molecule has 0 radical (unpaired) electrons. The molecule has 0 bridgehead atoms. The van der Waals surface area contributed by atoms with Crippen molar-refractivity contribution in [3.05, 3.63) is 27.6 Å². The number of rotatable bonds is 4. The van der Waals surface area contributed by atoms with Crippen LogP contribution in [-0.2, 0) is 11.2 Å². The Bertz CT molecular complexity index is 529. The van der Waals surface area contributed by atoms with E-state index in [-0.39, 0.29) is 11.3 Å². The fraction of sp³-hybridized carbons (Fsp3) is 0.333. The van der Waals surface area contributed by atoms with Crippen LogP contribution in [0.3, 0.4) is 0 Å². The van der Waals surface area contributed by atoms with Crippen LogP contribution in [0.5, 0.6) is 5.75 Å². The van der Waals surface area contributed by atoms with Gasteiger partial charge in [-0.15, -0.1) is 13.2 Å². The zero-order chi connectivity index (χ0) is 14.8. The van der Waals surface area contributed by atoms with Gasteiger partial charge >= 0.3 is 18.0 Å². The molecule has 0 aliphatic rings. The number of alkyl halides is 3. The summed E-state index contributed by atoms with van der Waals surface area (Å²) in [6.07, 6.45) is -5.26. The van der Waals surface area contributed by atoms with Crippen LogP contribution in [0, 0.1) is 17.0 Å². The van der Waals surface area contributed by atoms with E-state index in [1.54, 1.807) is 0 Å². The Kier molecular flexibility index (Phi) is 3.92. The van der Waals surface area contributed by atoms with Crippen molar-refractivity contribution in [3.8, 4) is 5.75 Å². The third-order valence-electron chi connectivity index (χ3n) is 2.08. The number of carboxylic acids is 1. The Morgan fingerprint density at radius 1 is 1.58 bits per heavy atom. The maximum absolute atomic E-state index is 12.2. The maximum Gasteiger partial charge on any atom is 0.573 e. The van der Waals surface area contributed by atoms with Crippen molar-refractivity contribution in [2.24, 2.45) is 0 Å². The molecule has 0 fully saturated rings. The third-order valence-corrected chi connectivity index (χ3v) is 2.08. The summed E-state index contributed by atoms with van der Waals surface area (Å²) in [4.78, 5) is 23.5. The first-order chi connectivity index (χ1) is 8.61. The van der Waals surface area contributed by atoms with Gasteiger partial charge in [-0.2, -0.15) is 0 Å². The van der Waals surface area contributed by atoms with Gasteiger partial charge in [-0.3, -0.25) is 19.9 Å². The van der Waals surface area contributed by atoms with E-state index in [4.69, 9.17) is 5.11 Å². The minimum absolute atomic E-state index is 0.239. The molecule has 10 heteroatoms. The molecule has 1 aromatic rings. The van der Waals surface area contributed by atoms with E-state index >= 15 is 0 Å². The number of ether oxygens (including phenoxy) is 1. The molecule has 1 aromatic heterocycles. The Balaban J connectivity index is 3.35. The van der Waals surface area contributed by atoms with Crippen LogP contribution >= 0.6 is 0 Å². The summed E-state index contributed by atoms with van der Waals surface area (Å²) in [5.74, 6) is -2.38. The van der Waals surface area contributed by atoms with Crippen molar-refractivity contribution >= 4 is 11.7 Å². The van der Waals surface area contributed by atoms with E-state index in [2.05, 4.69) is 9.72 Å². The summed E-state index contributed by atoms with van der Waals surface area (Å²) in [6, 6.07) is 0. The molecule has 0 saturated carbocycles. The van der Waals surface area contributed by atoms with Crippen LogP contribution in [0.15, 0.2) is 6.20 Å². The molecule has 1 N–H and O–H groups in total. The smallest absolute Gasteiger partial charge is 0.481 e. The molecule has 19 heavy (non-hydrogen) atoms. The van der Waals surface area contributed by atoms with E-state index in [1.165, 1.54) is 0 Å². The number of aliphatic carboxylic acids is 1. The zero-order valence-electron chi connectivity index (χ0n) is 9.39. The van der Waals surface area contributed by atoms with Crippen LogP contribution < -0.4 is 4.74 Å². The number of hydrogen-bond donors (Lipinski definition) is 1.